The molecule has 4 heterocycles. The fourth-order valence-electron chi connectivity index (χ4n) is 3.85. The summed E-state index contributed by atoms with van der Waals surface area (Å²) in [6.07, 6.45) is 8.47. The van der Waals surface area contributed by atoms with Crippen molar-refractivity contribution in [3.05, 3.63) is 36.0 Å². The first-order valence-corrected chi connectivity index (χ1v) is 9.03. The van der Waals surface area contributed by atoms with Gasteiger partial charge in [0.05, 0.1) is 11.8 Å². The summed E-state index contributed by atoms with van der Waals surface area (Å²) in [6, 6.07) is 2.09. The molecule has 8 heteroatoms. The maximum Gasteiger partial charge on any atom is 0.259 e. The van der Waals surface area contributed by atoms with Crippen LogP contribution in [0.1, 0.15) is 41.8 Å². The minimum Gasteiger partial charge on any atom is -0.375 e. The molecule has 2 aromatic rings. The quantitative estimate of drug-likeness (QED) is 0.898. The highest BCUT2D eigenvalue weighted by Crippen LogP contribution is 2.36. The van der Waals surface area contributed by atoms with Crippen molar-refractivity contribution >= 4 is 11.9 Å². The molecule has 1 N–H and O–H groups in total. The first-order valence-electron chi connectivity index (χ1n) is 9.03. The maximum atomic E-state index is 12.6. The van der Waals surface area contributed by atoms with Gasteiger partial charge in [-0.25, -0.2) is 9.97 Å². The fraction of sp³-hybridized carbons (Fsp3) is 0.556. The Morgan fingerprint density at radius 3 is 2.77 bits per heavy atom. The summed E-state index contributed by atoms with van der Waals surface area (Å²) < 4.78 is 11.2. The van der Waals surface area contributed by atoms with Crippen LogP contribution in [0.5, 0.6) is 0 Å². The van der Waals surface area contributed by atoms with Crippen LogP contribution >= 0.6 is 0 Å². The number of piperidine rings is 1. The van der Waals surface area contributed by atoms with E-state index in [0.29, 0.717) is 37.0 Å². The average molecular weight is 357 g/mol. The molecule has 26 heavy (non-hydrogen) atoms. The number of amides is 1. The minimum atomic E-state index is -0.175. The molecule has 4 rings (SSSR count). The molecule has 2 fully saturated rings. The zero-order valence-corrected chi connectivity index (χ0v) is 14.9. The van der Waals surface area contributed by atoms with Crippen LogP contribution in [0, 0.1) is 6.92 Å². The zero-order valence-electron chi connectivity index (χ0n) is 14.9. The van der Waals surface area contributed by atoms with Crippen LogP contribution in [0.25, 0.3) is 0 Å². The lowest BCUT2D eigenvalue weighted by molar-refractivity contribution is -0.110. The van der Waals surface area contributed by atoms with Gasteiger partial charge in [-0.3, -0.25) is 4.79 Å². The van der Waals surface area contributed by atoms with Crippen molar-refractivity contribution < 1.29 is 14.1 Å². The summed E-state index contributed by atoms with van der Waals surface area (Å²) in [6.45, 7) is 3.83. The molecule has 138 valence electrons. The Balaban J connectivity index is 1.37. The normalized spacial score (nSPS) is 22.3. The number of aromatic nitrogens is 3. The van der Waals surface area contributed by atoms with Gasteiger partial charge in [-0.1, -0.05) is 5.16 Å². The molecule has 0 bridgehead atoms. The Kier molecular flexibility index (Phi) is 4.58. The number of likely N-dealkylation sites (tertiary alicyclic amines) is 1. The molecule has 0 aromatic carbocycles. The van der Waals surface area contributed by atoms with Crippen LogP contribution in [0.4, 0.5) is 5.95 Å². The van der Waals surface area contributed by atoms with Crippen molar-refractivity contribution in [2.24, 2.45) is 0 Å². The molecule has 0 unspecified atom stereocenters. The molecule has 0 saturated carbocycles. The van der Waals surface area contributed by atoms with Gasteiger partial charge < -0.3 is 19.5 Å². The van der Waals surface area contributed by atoms with Crippen LogP contribution < -0.4 is 5.32 Å². The van der Waals surface area contributed by atoms with Crippen LogP contribution in [0.3, 0.4) is 0 Å². The van der Waals surface area contributed by atoms with Crippen LogP contribution in [0.2, 0.25) is 0 Å². The molecule has 0 radical (unpaired) electrons. The molecular weight excluding hydrogens is 334 g/mol. The van der Waals surface area contributed by atoms with Gasteiger partial charge in [-0.05, 0) is 38.7 Å². The average Bonchev–Trinajstić information content (AvgIpc) is 3.09. The molecule has 2 aliphatic rings. The number of ether oxygens (including phenoxy) is 1. The number of rotatable bonds is 3. The minimum absolute atomic E-state index is 0.0123. The maximum absolute atomic E-state index is 12.6. The zero-order chi connectivity index (χ0) is 18.0. The molecule has 1 atom stereocenters. The van der Waals surface area contributed by atoms with Crippen molar-refractivity contribution in [1.29, 1.82) is 0 Å². The highest BCUT2D eigenvalue weighted by Gasteiger charge is 2.41. The van der Waals surface area contributed by atoms with Crippen LogP contribution in [-0.4, -0.2) is 57.3 Å². The number of hydrogen-bond donors (Lipinski definition) is 1. The van der Waals surface area contributed by atoms with E-state index in [1.807, 2.05) is 4.90 Å². The van der Waals surface area contributed by atoms with E-state index in [0.717, 1.165) is 25.7 Å². The molecule has 0 aliphatic carbocycles. The fourth-order valence-corrected chi connectivity index (χ4v) is 3.85. The summed E-state index contributed by atoms with van der Waals surface area (Å²) in [5.41, 5.74) is 0.372. The Bertz CT molecular complexity index is 755. The Morgan fingerprint density at radius 2 is 2.08 bits per heavy atom. The first kappa shape index (κ1) is 17.0. The molecule has 1 spiro atoms. The largest absolute Gasteiger partial charge is 0.375 e. The Morgan fingerprint density at radius 1 is 1.31 bits per heavy atom. The van der Waals surface area contributed by atoms with E-state index in [-0.39, 0.29) is 17.6 Å². The molecule has 2 aliphatic heterocycles. The predicted octanol–water partition coefficient (Wildman–Crippen LogP) is 2.04. The smallest absolute Gasteiger partial charge is 0.259 e. The molecule has 2 saturated heterocycles. The van der Waals surface area contributed by atoms with Crippen molar-refractivity contribution in [2.45, 2.75) is 44.2 Å². The second-order valence-corrected chi connectivity index (χ2v) is 7.03. The number of hydrogen-bond acceptors (Lipinski definition) is 7. The topological polar surface area (TPSA) is 93.4 Å². The monoisotopic (exact) mass is 357 g/mol. The number of nitrogens with zero attached hydrogens (tertiary/aromatic N) is 4. The Labute approximate surface area is 151 Å². The standard InChI is InChI=1S/C18H23N5O3/c1-13-15(12-21-26-13)16(24)23-8-4-18(5-9-23)11-14(3-10-25-18)22-17-19-6-2-7-20-17/h2,6-7,12,14H,3-5,8-11H2,1H3,(H,19,20,22)/t14-/m0/s1. The van der Waals surface area contributed by atoms with E-state index < -0.39 is 0 Å². The summed E-state index contributed by atoms with van der Waals surface area (Å²) in [5.74, 6) is 1.21. The van der Waals surface area contributed by atoms with E-state index in [2.05, 4.69) is 20.4 Å². The SMILES string of the molecule is Cc1oncc1C(=O)N1CCC2(CC1)C[C@@H](Nc1ncccn1)CCO2. The first-order chi connectivity index (χ1) is 12.7. The van der Waals surface area contributed by atoms with Crippen molar-refractivity contribution in [2.75, 3.05) is 25.0 Å². The third-order valence-electron chi connectivity index (χ3n) is 5.33. The van der Waals surface area contributed by atoms with Crippen molar-refractivity contribution in [3.8, 4) is 0 Å². The van der Waals surface area contributed by atoms with E-state index >= 15 is 0 Å². The summed E-state index contributed by atoms with van der Waals surface area (Å²) in [7, 11) is 0. The lowest BCUT2D eigenvalue weighted by atomic mass is 9.82. The number of anilines is 1. The highest BCUT2D eigenvalue weighted by atomic mass is 16.5. The molecular formula is C18H23N5O3. The molecule has 1 amide bonds. The summed E-state index contributed by atoms with van der Waals surface area (Å²) >= 11 is 0. The lowest BCUT2D eigenvalue weighted by Crippen LogP contribution is -2.52. The van der Waals surface area contributed by atoms with Gasteiger partial charge in [0, 0.05) is 38.1 Å². The van der Waals surface area contributed by atoms with E-state index in [1.54, 1.807) is 25.4 Å². The van der Waals surface area contributed by atoms with E-state index in [9.17, 15) is 4.79 Å². The second-order valence-electron chi connectivity index (χ2n) is 7.03. The lowest BCUT2D eigenvalue weighted by Gasteiger charge is -2.46. The van der Waals surface area contributed by atoms with Gasteiger partial charge in [-0.2, -0.15) is 0 Å². The van der Waals surface area contributed by atoms with Gasteiger partial charge in [0.2, 0.25) is 5.95 Å². The van der Waals surface area contributed by atoms with Crippen molar-refractivity contribution in [1.82, 2.24) is 20.0 Å². The van der Waals surface area contributed by atoms with Gasteiger partial charge >= 0.3 is 0 Å². The third kappa shape index (κ3) is 3.41. The van der Waals surface area contributed by atoms with Gasteiger partial charge in [0.15, 0.2) is 0 Å². The molecule has 8 nitrogen and oxygen atoms in total. The van der Waals surface area contributed by atoms with Crippen molar-refractivity contribution in [3.63, 3.8) is 0 Å². The summed E-state index contributed by atoms with van der Waals surface area (Å²) in [4.78, 5) is 23.0. The predicted molar refractivity (Wildman–Crippen MR) is 93.7 cm³/mol. The van der Waals surface area contributed by atoms with Gasteiger partial charge in [0.25, 0.3) is 5.91 Å². The van der Waals surface area contributed by atoms with Crippen LogP contribution in [-0.2, 0) is 4.74 Å². The van der Waals surface area contributed by atoms with E-state index in [4.69, 9.17) is 9.26 Å². The number of aryl methyl sites for hydroxylation is 1. The van der Waals surface area contributed by atoms with Crippen LogP contribution in [0.15, 0.2) is 29.2 Å². The third-order valence-corrected chi connectivity index (χ3v) is 5.33. The number of nitrogens with one attached hydrogen (secondary N) is 1. The summed E-state index contributed by atoms with van der Waals surface area (Å²) in [5, 5.41) is 7.12. The highest BCUT2D eigenvalue weighted by molar-refractivity contribution is 5.94. The van der Waals surface area contributed by atoms with Gasteiger partial charge in [0.1, 0.15) is 11.3 Å². The number of carbonyl (C=O) groups is 1. The van der Waals surface area contributed by atoms with Gasteiger partial charge in [-0.15, -0.1) is 0 Å². The number of carbonyl (C=O) groups excluding carboxylic acids is 1. The Hall–Kier alpha value is -2.48. The van der Waals surface area contributed by atoms with E-state index in [1.165, 1.54) is 6.20 Å². The molecule has 2 aromatic heterocycles. The second kappa shape index (κ2) is 7.03.